The molecule has 27 heavy (non-hydrogen) atoms. The number of carbonyl (C=O) groups is 1. The molecule has 7 heteroatoms. The fraction of sp³-hybridized carbons (Fsp3) is 0.400. The molecule has 2 saturated heterocycles. The van der Waals surface area contributed by atoms with Crippen LogP contribution in [0.25, 0.3) is 0 Å². The molecule has 0 saturated carbocycles. The standard InChI is InChI=1S/C20H23N3O3S/c24-20(16-8-10-21-11-9-16)22-17-12-18-6-7-19(13-17)23(18)27(25,26)14-15-4-2-1-3-5-15/h1-5,8-11,17-19H,6-7,12-14H2,(H,22,24)/t17?,18-,19+. The minimum absolute atomic E-state index is 0.00587. The van der Waals surface area contributed by atoms with E-state index in [0.29, 0.717) is 18.4 Å². The van der Waals surface area contributed by atoms with Crippen molar-refractivity contribution < 1.29 is 13.2 Å². The van der Waals surface area contributed by atoms with Gasteiger partial charge in [-0.25, -0.2) is 8.42 Å². The second-order valence-corrected chi connectivity index (χ2v) is 9.21. The van der Waals surface area contributed by atoms with Crippen LogP contribution in [0.4, 0.5) is 0 Å². The molecule has 1 aromatic heterocycles. The number of hydrogen-bond donors (Lipinski definition) is 1. The number of rotatable bonds is 5. The predicted molar refractivity (Wildman–Crippen MR) is 102 cm³/mol. The number of carbonyl (C=O) groups excluding carboxylic acids is 1. The van der Waals surface area contributed by atoms with E-state index in [2.05, 4.69) is 10.3 Å². The van der Waals surface area contributed by atoms with Gasteiger partial charge in [0.25, 0.3) is 5.91 Å². The first kappa shape index (κ1) is 18.1. The van der Waals surface area contributed by atoms with E-state index in [1.54, 1.807) is 28.8 Å². The molecule has 0 radical (unpaired) electrons. The number of amides is 1. The van der Waals surface area contributed by atoms with Gasteiger partial charge in [-0.2, -0.15) is 4.31 Å². The SMILES string of the molecule is O=C(NC1C[C@H]2CC[C@@H](C1)N2S(=O)(=O)Cc1ccccc1)c1ccncc1. The summed E-state index contributed by atoms with van der Waals surface area (Å²) in [6, 6.07) is 12.6. The molecule has 1 unspecified atom stereocenters. The van der Waals surface area contributed by atoms with Gasteiger partial charge in [-0.3, -0.25) is 9.78 Å². The summed E-state index contributed by atoms with van der Waals surface area (Å²) in [5.74, 6) is -0.0862. The van der Waals surface area contributed by atoms with Crippen LogP contribution in [-0.4, -0.2) is 41.7 Å². The van der Waals surface area contributed by atoms with Crippen LogP contribution in [0.2, 0.25) is 0 Å². The van der Waals surface area contributed by atoms with Crippen LogP contribution in [0.1, 0.15) is 41.6 Å². The summed E-state index contributed by atoms with van der Waals surface area (Å²) in [4.78, 5) is 16.3. The zero-order valence-electron chi connectivity index (χ0n) is 15.0. The van der Waals surface area contributed by atoms with Gasteiger partial charge in [0.2, 0.25) is 10.0 Å². The van der Waals surface area contributed by atoms with Gasteiger partial charge in [-0.1, -0.05) is 30.3 Å². The summed E-state index contributed by atoms with van der Waals surface area (Å²) >= 11 is 0. The lowest BCUT2D eigenvalue weighted by atomic mass is 9.99. The highest BCUT2D eigenvalue weighted by molar-refractivity contribution is 7.88. The summed E-state index contributed by atoms with van der Waals surface area (Å²) in [5, 5.41) is 3.07. The van der Waals surface area contributed by atoms with Gasteiger partial charge < -0.3 is 5.32 Å². The average Bonchev–Trinajstić information content (AvgIpc) is 2.95. The van der Waals surface area contributed by atoms with Crippen LogP contribution in [0.3, 0.4) is 0 Å². The third kappa shape index (κ3) is 3.89. The van der Waals surface area contributed by atoms with Crippen LogP contribution in [-0.2, 0) is 15.8 Å². The Labute approximate surface area is 159 Å². The molecule has 0 aliphatic carbocycles. The number of fused-ring (bicyclic) bond motifs is 2. The molecule has 2 fully saturated rings. The highest BCUT2D eigenvalue weighted by Gasteiger charge is 2.46. The maximum Gasteiger partial charge on any atom is 0.251 e. The number of piperidine rings is 1. The maximum atomic E-state index is 13.0. The van der Waals surface area contributed by atoms with Crippen molar-refractivity contribution in [1.29, 1.82) is 0 Å². The Hall–Kier alpha value is -2.25. The van der Waals surface area contributed by atoms with Gasteiger partial charge in [0.1, 0.15) is 0 Å². The summed E-state index contributed by atoms with van der Waals surface area (Å²) in [6.45, 7) is 0. The number of aromatic nitrogens is 1. The van der Waals surface area contributed by atoms with E-state index in [-0.39, 0.29) is 29.8 Å². The fourth-order valence-electron chi connectivity index (χ4n) is 4.34. The van der Waals surface area contributed by atoms with Gasteiger partial charge in [-0.15, -0.1) is 0 Å². The molecule has 2 aliphatic rings. The molecule has 3 atom stereocenters. The van der Waals surface area contributed by atoms with Crippen LogP contribution in [0.15, 0.2) is 54.9 Å². The topological polar surface area (TPSA) is 79.4 Å². The largest absolute Gasteiger partial charge is 0.349 e. The monoisotopic (exact) mass is 385 g/mol. The van der Waals surface area contributed by atoms with Crippen molar-refractivity contribution in [3.8, 4) is 0 Å². The molecule has 1 aromatic carbocycles. The normalized spacial score (nSPS) is 25.3. The first-order valence-electron chi connectivity index (χ1n) is 9.29. The van der Waals surface area contributed by atoms with Gasteiger partial charge in [-0.05, 0) is 43.4 Å². The van der Waals surface area contributed by atoms with E-state index < -0.39 is 10.0 Å². The lowest BCUT2D eigenvalue weighted by Gasteiger charge is -2.38. The number of nitrogens with zero attached hydrogens (tertiary/aromatic N) is 2. The molecular weight excluding hydrogens is 362 g/mol. The molecule has 0 spiro atoms. The van der Waals surface area contributed by atoms with E-state index in [4.69, 9.17) is 0 Å². The predicted octanol–water partition coefficient (Wildman–Crippen LogP) is 2.34. The third-order valence-electron chi connectivity index (χ3n) is 5.46. The lowest BCUT2D eigenvalue weighted by Crippen LogP contribution is -2.52. The van der Waals surface area contributed by atoms with Crippen molar-refractivity contribution in [2.75, 3.05) is 0 Å². The van der Waals surface area contributed by atoms with Crippen LogP contribution < -0.4 is 5.32 Å². The molecule has 1 N–H and O–H groups in total. The Morgan fingerprint density at radius 2 is 1.67 bits per heavy atom. The number of pyridine rings is 1. The Morgan fingerprint density at radius 3 is 2.30 bits per heavy atom. The number of benzene rings is 1. The quantitative estimate of drug-likeness (QED) is 0.857. The van der Waals surface area contributed by atoms with Crippen molar-refractivity contribution >= 4 is 15.9 Å². The minimum Gasteiger partial charge on any atom is -0.349 e. The molecule has 142 valence electrons. The van der Waals surface area contributed by atoms with Crippen LogP contribution in [0.5, 0.6) is 0 Å². The summed E-state index contributed by atoms with van der Waals surface area (Å²) in [7, 11) is -3.36. The maximum absolute atomic E-state index is 13.0. The van der Waals surface area contributed by atoms with Crippen molar-refractivity contribution in [3.63, 3.8) is 0 Å². The van der Waals surface area contributed by atoms with Crippen molar-refractivity contribution in [3.05, 3.63) is 66.0 Å². The van der Waals surface area contributed by atoms with E-state index in [1.165, 1.54) is 0 Å². The Balaban J connectivity index is 1.44. The zero-order chi connectivity index (χ0) is 18.9. The van der Waals surface area contributed by atoms with E-state index in [1.807, 2.05) is 30.3 Å². The summed E-state index contributed by atoms with van der Waals surface area (Å²) in [6.07, 6.45) is 6.25. The molecule has 2 aliphatic heterocycles. The summed E-state index contributed by atoms with van der Waals surface area (Å²) in [5.41, 5.74) is 1.39. The van der Waals surface area contributed by atoms with Gasteiger partial charge in [0.05, 0.1) is 5.75 Å². The summed E-state index contributed by atoms with van der Waals surface area (Å²) < 4.78 is 27.7. The van der Waals surface area contributed by atoms with Crippen molar-refractivity contribution in [2.45, 2.75) is 49.6 Å². The second kappa shape index (κ2) is 7.40. The second-order valence-electron chi connectivity index (χ2n) is 7.33. The Kier molecular flexibility index (Phi) is 4.97. The number of nitrogens with one attached hydrogen (secondary N) is 1. The molecular formula is C20H23N3O3S. The van der Waals surface area contributed by atoms with E-state index >= 15 is 0 Å². The van der Waals surface area contributed by atoms with Crippen molar-refractivity contribution in [2.24, 2.45) is 0 Å². The number of sulfonamides is 1. The molecule has 1 amide bonds. The lowest BCUT2D eigenvalue weighted by molar-refractivity contribution is 0.0909. The Bertz CT molecular complexity index is 889. The zero-order valence-corrected chi connectivity index (χ0v) is 15.8. The number of hydrogen-bond acceptors (Lipinski definition) is 4. The van der Waals surface area contributed by atoms with Crippen LogP contribution in [0, 0.1) is 0 Å². The minimum atomic E-state index is -3.36. The van der Waals surface area contributed by atoms with E-state index in [9.17, 15) is 13.2 Å². The first-order valence-corrected chi connectivity index (χ1v) is 10.9. The average molecular weight is 385 g/mol. The van der Waals surface area contributed by atoms with Gasteiger partial charge in [0.15, 0.2) is 0 Å². The Morgan fingerprint density at radius 1 is 1.04 bits per heavy atom. The smallest absolute Gasteiger partial charge is 0.251 e. The van der Waals surface area contributed by atoms with Crippen LogP contribution >= 0.6 is 0 Å². The third-order valence-corrected chi connectivity index (χ3v) is 7.39. The van der Waals surface area contributed by atoms with E-state index in [0.717, 1.165) is 18.4 Å². The molecule has 2 aromatic rings. The van der Waals surface area contributed by atoms with Gasteiger partial charge in [0, 0.05) is 36.1 Å². The highest BCUT2D eigenvalue weighted by Crippen LogP contribution is 2.38. The molecule has 3 heterocycles. The highest BCUT2D eigenvalue weighted by atomic mass is 32.2. The molecule has 4 rings (SSSR count). The van der Waals surface area contributed by atoms with Crippen molar-refractivity contribution in [1.82, 2.24) is 14.6 Å². The molecule has 6 nitrogen and oxygen atoms in total. The molecule has 2 bridgehead atoms. The fourth-order valence-corrected chi connectivity index (χ4v) is 6.39. The first-order chi connectivity index (χ1) is 13.0. The van der Waals surface area contributed by atoms with Gasteiger partial charge >= 0.3 is 0 Å².